The molecule has 104 valence electrons. The SMILES string of the molecule is COCC(N)C(=O)N1CCCN(CC(=O)O)CC1. The van der Waals surface area contributed by atoms with Gasteiger partial charge in [0.1, 0.15) is 6.04 Å². The van der Waals surface area contributed by atoms with Crippen LogP contribution in [0.15, 0.2) is 0 Å². The summed E-state index contributed by atoms with van der Waals surface area (Å²) >= 11 is 0. The van der Waals surface area contributed by atoms with Gasteiger partial charge in [0, 0.05) is 33.3 Å². The van der Waals surface area contributed by atoms with Crippen LogP contribution in [0.25, 0.3) is 0 Å². The Balaban J connectivity index is 2.46. The van der Waals surface area contributed by atoms with E-state index in [0.717, 1.165) is 6.42 Å². The highest BCUT2D eigenvalue weighted by molar-refractivity contribution is 5.81. The number of hydrogen-bond donors (Lipinski definition) is 2. The molecule has 7 nitrogen and oxygen atoms in total. The van der Waals surface area contributed by atoms with Crippen LogP contribution < -0.4 is 5.73 Å². The Morgan fingerprint density at radius 2 is 2.06 bits per heavy atom. The van der Waals surface area contributed by atoms with Gasteiger partial charge in [-0.3, -0.25) is 14.5 Å². The smallest absolute Gasteiger partial charge is 0.317 e. The Labute approximate surface area is 106 Å². The summed E-state index contributed by atoms with van der Waals surface area (Å²) in [7, 11) is 1.50. The highest BCUT2D eigenvalue weighted by Gasteiger charge is 2.24. The van der Waals surface area contributed by atoms with Gasteiger partial charge in [0.2, 0.25) is 5.91 Å². The number of aliphatic carboxylic acids is 1. The van der Waals surface area contributed by atoms with Gasteiger partial charge in [-0.2, -0.15) is 0 Å². The molecule has 1 fully saturated rings. The van der Waals surface area contributed by atoms with Crippen molar-refractivity contribution in [2.45, 2.75) is 12.5 Å². The van der Waals surface area contributed by atoms with E-state index in [1.54, 1.807) is 4.90 Å². The van der Waals surface area contributed by atoms with Crippen LogP contribution in [0.4, 0.5) is 0 Å². The van der Waals surface area contributed by atoms with Gasteiger partial charge in [0.05, 0.1) is 13.2 Å². The lowest BCUT2D eigenvalue weighted by molar-refractivity contribution is -0.138. The van der Waals surface area contributed by atoms with Crippen molar-refractivity contribution in [2.24, 2.45) is 5.73 Å². The van der Waals surface area contributed by atoms with E-state index >= 15 is 0 Å². The number of nitrogens with zero attached hydrogens (tertiary/aromatic N) is 2. The maximum atomic E-state index is 12.0. The van der Waals surface area contributed by atoms with Crippen molar-refractivity contribution in [3.63, 3.8) is 0 Å². The van der Waals surface area contributed by atoms with Crippen LogP contribution in [0.5, 0.6) is 0 Å². The lowest BCUT2D eigenvalue weighted by atomic mass is 10.2. The molecule has 1 aliphatic rings. The largest absolute Gasteiger partial charge is 0.480 e. The lowest BCUT2D eigenvalue weighted by Crippen LogP contribution is -2.47. The van der Waals surface area contributed by atoms with Gasteiger partial charge < -0.3 is 20.5 Å². The van der Waals surface area contributed by atoms with E-state index in [0.29, 0.717) is 26.2 Å². The van der Waals surface area contributed by atoms with Gasteiger partial charge in [-0.15, -0.1) is 0 Å². The molecule has 1 atom stereocenters. The fourth-order valence-corrected chi connectivity index (χ4v) is 2.03. The molecule has 1 saturated heterocycles. The molecule has 1 amide bonds. The number of methoxy groups -OCH3 is 1. The third-order valence-corrected chi connectivity index (χ3v) is 2.92. The summed E-state index contributed by atoms with van der Waals surface area (Å²) in [6.07, 6.45) is 0.763. The van der Waals surface area contributed by atoms with Crippen molar-refractivity contribution in [1.82, 2.24) is 9.80 Å². The normalized spacial score (nSPS) is 19.3. The first kappa shape index (κ1) is 14.9. The van der Waals surface area contributed by atoms with Crippen molar-refractivity contribution in [3.8, 4) is 0 Å². The van der Waals surface area contributed by atoms with Crippen molar-refractivity contribution < 1.29 is 19.4 Å². The van der Waals surface area contributed by atoms with E-state index < -0.39 is 12.0 Å². The van der Waals surface area contributed by atoms with Crippen LogP contribution in [0.2, 0.25) is 0 Å². The van der Waals surface area contributed by atoms with Crippen molar-refractivity contribution >= 4 is 11.9 Å². The van der Waals surface area contributed by atoms with Crippen LogP contribution in [0.3, 0.4) is 0 Å². The van der Waals surface area contributed by atoms with Crippen molar-refractivity contribution in [3.05, 3.63) is 0 Å². The number of carboxylic acids is 1. The molecule has 0 bridgehead atoms. The fraction of sp³-hybridized carbons (Fsp3) is 0.818. The molecular weight excluding hydrogens is 238 g/mol. The summed E-state index contributed by atoms with van der Waals surface area (Å²) in [5, 5.41) is 8.73. The maximum Gasteiger partial charge on any atom is 0.317 e. The molecule has 1 heterocycles. The van der Waals surface area contributed by atoms with E-state index in [4.69, 9.17) is 15.6 Å². The monoisotopic (exact) mass is 259 g/mol. The zero-order chi connectivity index (χ0) is 13.5. The predicted octanol–water partition coefficient (Wildman–Crippen LogP) is -1.42. The van der Waals surface area contributed by atoms with E-state index in [-0.39, 0.29) is 19.1 Å². The fourth-order valence-electron chi connectivity index (χ4n) is 2.03. The molecule has 0 aromatic rings. The zero-order valence-corrected chi connectivity index (χ0v) is 10.7. The van der Waals surface area contributed by atoms with Crippen molar-refractivity contribution in [2.75, 3.05) is 46.4 Å². The summed E-state index contributed by atoms with van der Waals surface area (Å²) in [4.78, 5) is 26.1. The highest BCUT2D eigenvalue weighted by Crippen LogP contribution is 2.04. The maximum absolute atomic E-state index is 12.0. The number of carbonyl (C=O) groups excluding carboxylic acids is 1. The van der Waals surface area contributed by atoms with E-state index in [2.05, 4.69) is 0 Å². The molecule has 0 radical (unpaired) electrons. The molecule has 1 aliphatic heterocycles. The second-order valence-electron chi connectivity index (χ2n) is 4.41. The molecule has 0 aromatic heterocycles. The summed E-state index contributed by atoms with van der Waals surface area (Å²) < 4.78 is 4.86. The zero-order valence-electron chi connectivity index (χ0n) is 10.7. The Kier molecular flexibility index (Phi) is 6.03. The summed E-state index contributed by atoms with van der Waals surface area (Å²) in [6, 6.07) is -0.638. The first-order valence-corrected chi connectivity index (χ1v) is 6.02. The average Bonchev–Trinajstić information content (AvgIpc) is 2.53. The van der Waals surface area contributed by atoms with E-state index in [1.807, 2.05) is 4.90 Å². The Hall–Kier alpha value is -1.18. The van der Waals surface area contributed by atoms with E-state index in [9.17, 15) is 9.59 Å². The Morgan fingerprint density at radius 1 is 1.33 bits per heavy atom. The molecule has 0 aromatic carbocycles. The third kappa shape index (κ3) is 4.59. The summed E-state index contributed by atoms with van der Waals surface area (Å²) in [5.74, 6) is -0.972. The number of ether oxygens (including phenoxy) is 1. The van der Waals surface area contributed by atoms with Gasteiger partial charge in [-0.25, -0.2) is 0 Å². The van der Waals surface area contributed by atoms with Gasteiger partial charge in [-0.05, 0) is 6.42 Å². The molecule has 1 rings (SSSR count). The van der Waals surface area contributed by atoms with Crippen LogP contribution >= 0.6 is 0 Å². The quantitative estimate of drug-likeness (QED) is 0.629. The average molecular weight is 259 g/mol. The van der Waals surface area contributed by atoms with Gasteiger partial charge >= 0.3 is 5.97 Å². The Morgan fingerprint density at radius 3 is 2.67 bits per heavy atom. The van der Waals surface area contributed by atoms with Crippen LogP contribution in [0.1, 0.15) is 6.42 Å². The first-order valence-electron chi connectivity index (χ1n) is 6.02. The second-order valence-corrected chi connectivity index (χ2v) is 4.41. The van der Waals surface area contributed by atoms with Gasteiger partial charge in [-0.1, -0.05) is 0 Å². The molecule has 0 aliphatic carbocycles. The number of rotatable bonds is 5. The molecule has 18 heavy (non-hydrogen) atoms. The van der Waals surface area contributed by atoms with Crippen LogP contribution in [0, 0.1) is 0 Å². The predicted molar refractivity (Wildman–Crippen MR) is 65.1 cm³/mol. The van der Waals surface area contributed by atoms with Crippen LogP contribution in [-0.4, -0.2) is 79.3 Å². The second kappa shape index (κ2) is 7.30. The number of nitrogens with two attached hydrogens (primary N) is 1. The highest BCUT2D eigenvalue weighted by atomic mass is 16.5. The third-order valence-electron chi connectivity index (χ3n) is 2.92. The minimum atomic E-state index is -0.842. The first-order chi connectivity index (χ1) is 8.54. The Bertz CT molecular complexity index is 298. The molecule has 0 spiro atoms. The molecule has 1 unspecified atom stereocenters. The molecule has 3 N–H and O–H groups in total. The van der Waals surface area contributed by atoms with E-state index in [1.165, 1.54) is 7.11 Å². The number of carboxylic acid groups (broad SMARTS) is 1. The lowest BCUT2D eigenvalue weighted by Gasteiger charge is -2.24. The number of hydrogen-bond acceptors (Lipinski definition) is 5. The van der Waals surface area contributed by atoms with Crippen LogP contribution in [-0.2, 0) is 14.3 Å². The minimum Gasteiger partial charge on any atom is -0.480 e. The molecule has 0 saturated carbocycles. The number of carbonyl (C=O) groups is 2. The summed E-state index contributed by atoms with van der Waals surface area (Å²) in [5.41, 5.74) is 5.70. The standard InChI is InChI=1S/C11H21N3O4/c1-18-8-9(12)11(17)14-4-2-3-13(5-6-14)7-10(15)16/h9H,2-8,12H2,1H3,(H,15,16). The van der Waals surface area contributed by atoms with Crippen molar-refractivity contribution in [1.29, 1.82) is 0 Å². The summed E-state index contributed by atoms with van der Waals surface area (Å²) in [6.45, 7) is 2.61. The topological polar surface area (TPSA) is 96.1 Å². The molecule has 7 heteroatoms. The minimum absolute atomic E-state index is 0.0200. The van der Waals surface area contributed by atoms with Gasteiger partial charge in [0.15, 0.2) is 0 Å². The number of amides is 1. The van der Waals surface area contributed by atoms with Gasteiger partial charge in [0.25, 0.3) is 0 Å². The molecular formula is C11H21N3O4.